The van der Waals surface area contributed by atoms with Crippen molar-refractivity contribution >= 4 is 18.1 Å². The minimum Gasteiger partial charge on any atom is -0.468 e. The van der Waals surface area contributed by atoms with Gasteiger partial charge in [0.1, 0.15) is 6.04 Å². The zero-order valence-electron chi connectivity index (χ0n) is 15.0. The van der Waals surface area contributed by atoms with Gasteiger partial charge in [0, 0.05) is 6.54 Å². The van der Waals surface area contributed by atoms with Crippen LogP contribution in [-0.2, 0) is 9.53 Å². The Balaban J connectivity index is 2.10. The van der Waals surface area contributed by atoms with Gasteiger partial charge in [-0.25, -0.2) is 4.79 Å². The van der Waals surface area contributed by atoms with E-state index >= 15 is 0 Å². The number of benzene rings is 2. The van der Waals surface area contributed by atoms with Crippen LogP contribution in [0.2, 0.25) is 0 Å². The molecule has 0 bridgehead atoms. The summed E-state index contributed by atoms with van der Waals surface area (Å²) in [7, 11) is 1.41. The fraction of sp³-hybridized carbons (Fsp3) is 0.227. The van der Waals surface area contributed by atoms with Crippen LogP contribution in [0.4, 0.5) is 0 Å². The summed E-state index contributed by atoms with van der Waals surface area (Å²) >= 11 is 0. The fourth-order valence-electron chi connectivity index (χ4n) is 2.39. The summed E-state index contributed by atoms with van der Waals surface area (Å²) in [5, 5.41) is 3.23. The average Bonchev–Trinajstić information content (AvgIpc) is 2.64. The summed E-state index contributed by atoms with van der Waals surface area (Å²) in [5.74, 6) is -0.283. The van der Waals surface area contributed by atoms with Crippen LogP contribution in [0.1, 0.15) is 36.6 Å². The molecule has 0 radical (unpaired) electrons. The number of esters is 1. The first kappa shape index (κ1) is 18.7. The Morgan fingerprint density at radius 2 is 1.60 bits per heavy atom. The van der Waals surface area contributed by atoms with Crippen molar-refractivity contribution in [3.63, 3.8) is 0 Å². The van der Waals surface area contributed by atoms with Gasteiger partial charge in [0.2, 0.25) is 0 Å². The summed E-state index contributed by atoms with van der Waals surface area (Å²) in [5.41, 5.74) is 4.34. The molecule has 2 rings (SSSR count). The molecule has 1 atom stereocenters. The summed E-state index contributed by atoms with van der Waals surface area (Å²) in [6, 6.07) is 17.6. The molecule has 0 aliphatic heterocycles. The Labute approximate surface area is 150 Å². The third-order valence-electron chi connectivity index (χ3n) is 3.81. The summed E-state index contributed by atoms with van der Waals surface area (Å²) in [6.45, 7) is 4.68. The third-order valence-corrected chi connectivity index (χ3v) is 3.81. The van der Waals surface area contributed by atoms with Gasteiger partial charge in [0.15, 0.2) is 0 Å². The van der Waals surface area contributed by atoms with Crippen LogP contribution >= 0.6 is 0 Å². The Morgan fingerprint density at radius 3 is 2.16 bits per heavy atom. The second-order valence-electron chi connectivity index (χ2n) is 6.06. The lowest BCUT2D eigenvalue weighted by molar-refractivity contribution is -0.143. The topological polar surface area (TPSA) is 38.3 Å². The molecule has 0 aliphatic rings. The van der Waals surface area contributed by atoms with Crippen molar-refractivity contribution in [3.05, 3.63) is 82.9 Å². The highest BCUT2D eigenvalue weighted by Gasteiger charge is 2.19. The van der Waals surface area contributed by atoms with Crippen molar-refractivity contribution in [2.75, 3.05) is 13.7 Å². The lowest BCUT2D eigenvalue weighted by Crippen LogP contribution is -2.29. The van der Waals surface area contributed by atoms with Crippen LogP contribution < -0.4 is 5.32 Å². The molecule has 0 amide bonds. The number of carbonyl (C=O) groups excluding carboxylic acids is 1. The number of hydrogen-bond donors (Lipinski definition) is 1. The van der Waals surface area contributed by atoms with E-state index in [1.165, 1.54) is 12.7 Å². The highest BCUT2D eigenvalue weighted by Crippen LogP contribution is 2.17. The van der Waals surface area contributed by atoms with Crippen molar-refractivity contribution in [3.8, 4) is 0 Å². The van der Waals surface area contributed by atoms with Crippen LogP contribution in [0.3, 0.4) is 0 Å². The molecule has 2 aromatic rings. The molecule has 1 N–H and O–H groups in total. The molecule has 0 aliphatic carbocycles. The van der Waals surface area contributed by atoms with Gasteiger partial charge in [-0.3, -0.25) is 5.32 Å². The van der Waals surface area contributed by atoms with Gasteiger partial charge in [-0.1, -0.05) is 78.4 Å². The van der Waals surface area contributed by atoms with E-state index in [0.717, 1.165) is 16.7 Å². The van der Waals surface area contributed by atoms with Gasteiger partial charge in [0.05, 0.1) is 7.11 Å². The lowest BCUT2D eigenvalue weighted by atomic mass is 10.0. The van der Waals surface area contributed by atoms with Crippen molar-refractivity contribution < 1.29 is 9.53 Å². The van der Waals surface area contributed by atoms with Crippen LogP contribution in [0.15, 0.2) is 66.2 Å². The monoisotopic (exact) mass is 335 g/mol. The predicted molar refractivity (Wildman–Crippen MR) is 104 cm³/mol. The number of methoxy groups -OCH3 is 1. The maximum absolute atomic E-state index is 12.1. The molecule has 0 spiro atoms. The molecule has 0 unspecified atom stereocenters. The van der Waals surface area contributed by atoms with E-state index in [1.54, 1.807) is 0 Å². The zero-order chi connectivity index (χ0) is 18.1. The quantitative estimate of drug-likeness (QED) is 0.455. The predicted octanol–water partition coefficient (Wildman–Crippen LogP) is 4.63. The average molecular weight is 335 g/mol. The Kier molecular flexibility index (Phi) is 7.17. The number of carbonyl (C=O) groups is 1. The first-order chi connectivity index (χ1) is 12.1. The van der Waals surface area contributed by atoms with Gasteiger partial charge >= 0.3 is 5.97 Å². The molecule has 0 saturated heterocycles. The number of rotatable bonds is 7. The highest BCUT2D eigenvalue weighted by molar-refractivity contribution is 5.78. The van der Waals surface area contributed by atoms with Gasteiger partial charge in [0.25, 0.3) is 0 Å². The molecule has 3 heteroatoms. The lowest BCUT2D eigenvalue weighted by Gasteiger charge is -2.16. The first-order valence-corrected chi connectivity index (χ1v) is 8.38. The number of ether oxygens (including phenoxy) is 1. The van der Waals surface area contributed by atoms with Crippen molar-refractivity contribution in [2.24, 2.45) is 0 Å². The maximum Gasteiger partial charge on any atom is 0.327 e. The van der Waals surface area contributed by atoms with E-state index in [0.29, 0.717) is 6.54 Å². The van der Waals surface area contributed by atoms with Gasteiger partial charge in [-0.05, 0) is 30.5 Å². The van der Waals surface area contributed by atoms with Crippen LogP contribution in [0.25, 0.3) is 12.2 Å². The van der Waals surface area contributed by atoms with E-state index in [-0.39, 0.29) is 5.97 Å². The van der Waals surface area contributed by atoms with E-state index in [1.807, 2.05) is 62.4 Å². The van der Waals surface area contributed by atoms with Crippen LogP contribution in [-0.4, -0.2) is 19.6 Å². The highest BCUT2D eigenvalue weighted by atomic mass is 16.5. The number of nitrogens with one attached hydrogen (secondary N) is 1. The molecular weight excluding hydrogens is 310 g/mol. The first-order valence-electron chi connectivity index (χ1n) is 8.38. The van der Waals surface area contributed by atoms with Crippen LogP contribution in [0.5, 0.6) is 0 Å². The minimum absolute atomic E-state index is 0.283. The molecule has 130 valence electrons. The van der Waals surface area contributed by atoms with E-state index < -0.39 is 6.04 Å². The SMILES string of the molecule is COC(=O)[C@H](NCC=C(C)C)c1ccc(/C=C/c2ccccc2)cc1. The normalized spacial score (nSPS) is 12.0. The van der Waals surface area contributed by atoms with Crippen LogP contribution in [0, 0.1) is 0 Å². The molecule has 3 nitrogen and oxygen atoms in total. The summed E-state index contributed by atoms with van der Waals surface area (Å²) in [4.78, 5) is 12.1. The molecule has 0 heterocycles. The molecule has 2 aromatic carbocycles. The smallest absolute Gasteiger partial charge is 0.327 e. The van der Waals surface area contributed by atoms with Crippen molar-refractivity contribution in [1.29, 1.82) is 0 Å². The van der Waals surface area contributed by atoms with E-state index in [2.05, 4.69) is 29.6 Å². The number of allylic oxidation sites excluding steroid dienone is 1. The Bertz CT molecular complexity index is 726. The molecule has 0 fully saturated rings. The molecule has 0 saturated carbocycles. The van der Waals surface area contributed by atoms with Gasteiger partial charge in [-0.15, -0.1) is 0 Å². The van der Waals surface area contributed by atoms with Crippen molar-refractivity contribution in [1.82, 2.24) is 5.32 Å². The van der Waals surface area contributed by atoms with E-state index in [4.69, 9.17) is 4.74 Å². The largest absolute Gasteiger partial charge is 0.468 e. The summed E-state index contributed by atoms with van der Waals surface area (Å²) < 4.78 is 4.92. The Morgan fingerprint density at radius 1 is 1.00 bits per heavy atom. The Hall–Kier alpha value is -2.65. The van der Waals surface area contributed by atoms with Gasteiger partial charge in [-0.2, -0.15) is 0 Å². The van der Waals surface area contributed by atoms with Gasteiger partial charge < -0.3 is 4.74 Å². The second-order valence-corrected chi connectivity index (χ2v) is 6.06. The standard InChI is InChI=1S/C22H25NO2/c1-17(2)15-16-23-21(22(24)25-3)20-13-11-19(12-14-20)10-9-18-7-5-4-6-8-18/h4-15,21,23H,16H2,1-3H3/b10-9+/t21-/m1/s1. The molecule has 25 heavy (non-hydrogen) atoms. The zero-order valence-corrected chi connectivity index (χ0v) is 15.0. The number of hydrogen-bond acceptors (Lipinski definition) is 3. The fourth-order valence-corrected chi connectivity index (χ4v) is 2.39. The summed E-state index contributed by atoms with van der Waals surface area (Å²) in [6.07, 6.45) is 6.18. The van der Waals surface area contributed by atoms with Crippen molar-refractivity contribution in [2.45, 2.75) is 19.9 Å². The van der Waals surface area contributed by atoms with E-state index in [9.17, 15) is 4.79 Å². The molecule has 0 aromatic heterocycles. The third kappa shape index (κ3) is 6.05. The minimum atomic E-state index is -0.465. The maximum atomic E-state index is 12.1. The molecular formula is C22H25NO2. The second kappa shape index (κ2) is 9.60.